The number of hydrogen-bond acceptors (Lipinski definition) is 2. The largest absolute Gasteiger partial charge is 0.386 e. The van der Waals surface area contributed by atoms with Gasteiger partial charge in [-0.05, 0) is 31.5 Å². The lowest BCUT2D eigenvalue weighted by atomic mass is 10.00. The van der Waals surface area contributed by atoms with E-state index in [1.165, 1.54) is 0 Å². The van der Waals surface area contributed by atoms with E-state index in [9.17, 15) is 5.11 Å². The van der Waals surface area contributed by atoms with E-state index < -0.39 is 6.10 Å². The molecule has 0 radical (unpaired) electrons. The van der Waals surface area contributed by atoms with Crippen molar-refractivity contribution in [2.45, 2.75) is 31.7 Å². The van der Waals surface area contributed by atoms with E-state index in [1.54, 1.807) is 12.1 Å². The van der Waals surface area contributed by atoms with E-state index in [4.69, 9.17) is 16.3 Å². The minimum Gasteiger partial charge on any atom is -0.386 e. The van der Waals surface area contributed by atoms with Gasteiger partial charge in [-0.2, -0.15) is 0 Å². The Labute approximate surface area is 88.5 Å². The van der Waals surface area contributed by atoms with E-state index >= 15 is 0 Å². The zero-order chi connectivity index (χ0) is 10.3. The maximum Gasteiger partial charge on any atom is 0.117 e. The highest BCUT2D eigenvalue weighted by atomic mass is 35.5. The van der Waals surface area contributed by atoms with Gasteiger partial charge in [0.15, 0.2) is 0 Å². The first kappa shape index (κ1) is 9.97. The minimum atomic E-state index is -0.553. The molecule has 14 heavy (non-hydrogen) atoms. The maximum absolute atomic E-state index is 9.92. The topological polar surface area (TPSA) is 32.8 Å². The van der Waals surface area contributed by atoms with Crippen LogP contribution < -0.4 is 0 Å². The molecule has 1 aliphatic heterocycles. The van der Waals surface area contributed by atoms with Crippen LogP contribution in [0.25, 0.3) is 0 Å². The number of epoxide rings is 1. The highest BCUT2D eigenvalue weighted by Crippen LogP contribution is 2.43. The molecule has 1 N–H and O–H groups in total. The molecule has 0 amide bonds. The Morgan fingerprint density at radius 3 is 2.29 bits per heavy atom. The lowest BCUT2D eigenvalue weighted by Crippen LogP contribution is -2.12. The van der Waals surface area contributed by atoms with Crippen LogP contribution in [0.15, 0.2) is 24.3 Å². The van der Waals surface area contributed by atoms with Crippen LogP contribution in [0.3, 0.4) is 0 Å². The van der Waals surface area contributed by atoms with Gasteiger partial charge < -0.3 is 9.84 Å². The van der Waals surface area contributed by atoms with E-state index in [0.717, 1.165) is 5.56 Å². The molecule has 76 valence electrons. The van der Waals surface area contributed by atoms with Gasteiger partial charge in [0.2, 0.25) is 0 Å². The van der Waals surface area contributed by atoms with Crippen molar-refractivity contribution in [1.82, 2.24) is 0 Å². The molecule has 1 aromatic rings. The van der Waals surface area contributed by atoms with Crippen LogP contribution in [-0.4, -0.2) is 16.8 Å². The monoisotopic (exact) mass is 212 g/mol. The van der Waals surface area contributed by atoms with Crippen molar-refractivity contribution in [1.29, 1.82) is 0 Å². The molecule has 1 unspecified atom stereocenters. The van der Waals surface area contributed by atoms with Gasteiger partial charge in [0.05, 0.1) is 5.60 Å². The van der Waals surface area contributed by atoms with Crippen LogP contribution in [0.4, 0.5) is 0 Å². The number of aliphatic hydroxyl groups is 1. The van der Waals surface area contributed by atoms with Crippen molar-refractivity contribution in [2.75, 3.05) is 0 Å². The number of rotatable bonds is 2. The number of halogens is 1. The Hall–Kier alpha value is -0.570. The number of aliphatic hydroxyl groups excluding tert-OH is 1. The number of benzene rings is 1. The summed E-state index contributed by atoms with van der Waals surface area (Å²) >= 11 is 5.75. The van der Waals surface area contributed by atoms with Crippen LogP contribution >= 0.6 is 11.6 Å². The van der Waals surface area contributed by atoms with Gasteiger partial charge in [-0.15, -0.1) is 0 Å². The highest BCUT2D eigenvalue weighted by Gasteiger charge is 2.52. The Morgan fingerprint density at radius 1 is 1.36 bits per heavy atom. The summed E-state index contributed by atoms with van der Waals surface area (Å²) in [4.78, 5) is 0. The van der Waals surface area contributed by atoms with Crippen molar-refractivity contribution in [2.24, 2.45) is 0 Å². The van der Waals surface area contributed by atoms with Crippen LogP contribution in [-0.2, 0) is 4.74 Å². The normalized spacial score (nSPS) is 25.9. The van der Waals surface area contributed by atoms with Gasteiger partial charge >= 0.3 is 0 Å². The molecule has 1 saturated heterocycles. The molecule has 1 heterocycles. The van der Waals surface area contributed by atoms with E-state index in [-0.39, 0.29) is 11.7 Å². The Balaban J connectivity index is 2.13. The summed E-state index contributed by atoms with van der Waals surface area (Å²) in [6, 6.07) is 7.19. The van der Waals surface area contributed by atoms with Crippen molar-refractivity contribution in [3.63, 3.8) is 0 Å². The number of ether oxygens (including phenoxy) is 1. The van der Waals surface area contributed by atoms with Crippen LogP contribution in [0.5, 0.6) is 0 Å². The first-order valence-electron chi connectivity index (χ1n) is 4.62. The minimum absolute atomic E-state index is 0.0938. The lowest BCUT2D eigenvalue weighted by Gasteiger charge is -2.08. The molecule has 0 saturated carbocycles. The van der Waals surface area contributed by atoms with Gasteiger partial charge in [-0.3, -0.25) is 0 Å². The van der Waals surface area contributed by atoms with Crippen LogP contribution in [0, 0.1) is 0 Å². The third-order valence-corrected chi connectivity index (χ3v) is 2.81. The summed E-state index contributed by atoms with van der Waals surface area (Å²) in [5.74, 6) is 0. The molecule has 1 fully saturated rings. The Kier molecular flexibility index (Phi) is 2.30. The van der Waals surface area contributed by atoms with E-state index in [0.29, 0.717) is 5.02 Å². The third-order valence-electron chi connectivity index (χ3n) is 2.56. The van der Waals surface area contributed by atoms with E-state index in [1.807, 2.05) is 26.0 Å². The summed E-state index contributed by atoms with van der Waals surface area (Å²) in [6.45, 7) is 3.94. The molecular formula is C11H13ClO2. The van der Waals surface area contributed by atoms with Crippen LogP contribution in [0.1, 0.15) is 25.5 Å². The van der Waals surface area contributed by atoms with Gasteiger partial charge in [-0.25, -0.2) is 0 Å². The summed E-state index contributed by atoms with van der Waals surface area (Å²) < 4.78 is 5.37. The number of hydrogen-bond donors (Lipinski definition) is 1. The second-order valence-corrected chi connectivity index (χ2v) is 4.57. The standard InChI is InChI=1S/C11H13ClO2/c1-11(2)10(14-11)9(13)7-3-5-8(12)6-4-7/h3-6,9-10,13H,1-2H3/t9-,10?/m1/s1. The molecule has 0 spiro atoms. The fraction of sp³-hybridized carbons (Fsp3) is 0.455. The fourth-order valence-electron chi connectivity index (χ4n) is 1.57. The lowest BCUT2D eigenvalue weighted by molar-refractivity contribution is 0.136. The van der Waals surface area contributed by atoms with Crippen molar-refractivity contribution >= 4 is 11.6 Å². The van der Waals surface area contributed by atoms with Gasteiger partial charge in [0, 0.05) is 5.02 Å². The highest BCUT2D eigenvalue weighted by molar-refractivity contribution is 6.30. The predicted octanol–water partition coefficient (Wildman–Crippen LogP) is 2.55. The zero-order valence-electron chi connectivity index (χ0n) is 8.20. The average molecular weight is 213 g/mol. The molecule has 2 rings (SSSR count). The second kappa shape index (κ2) is 3.23. The average Bonchev–Trinajstić information content (AvgIpc) is 2.75. The van der Waals surface area contributed by atoms with Crippen molar-refractivity contribution in [3.8, 4) is 0 Å². The van der Waals surface area contributed by atoms with E-state index in [2.05, 4.69) is 0 Å². The SMILES string of the molecule is CC1(C)OC1[C@H](O)c1ccc(Cl)cc1. The van der Waals surface area contributed by atoms with Gasteiger partial charge in [0.25, 0.3) is 0 Å². The molecule has 1 aromatic carbocycles. The molecule has 3 heteroatoms. The van der Waals surface area contributed by atoms with Gasteiger partial charge in [0.1, 0.15) is 12.2 Å². The fourth-order valence-corrected chi connectivity index (χ4v) is 1.70. The van der Waals surface area contributed by atoms with Gasteiger partial charge in [-0.1, -0.05) is 23.7 Å². The quantitative estimate of drug-likeness (QED) is 0.765. The first-order chi connectivity index (χ1) is 6.50. The zero-order valence-corrected chi connectivity index (χ0v) is 8.95. The molecule has 1 aliphatic rings. The molecule has 0 aliphatic carbocycles. The maximum atomic E-state index is 9.92. The Morgan fingerprint density at radius 2 is 1.86 bits per heavy atom. The first-order valence-corrected chi connectivity index (χ1v) is 5.00. The molecular weight excluding hydrogens is 200 g/mol. The summed E-state index contributed by atoms with van der Waals surface area (Å²) in [6.07, 6.45) is -0.647. The molecule has 2 nitrogen and oxygen atoms in total. The Bertz CT molecular complexity index is 332. The smallest absolute Gasteiger partial charge is 0.117 e. The molecule has 0 bridgehead atoms. The molecule has 2 atom stereocenters. The van der Waals surface area contributed by atoms with Crippen molar-refractivity contribution in [3.05, 3.63) is 34.9 Å². The molecule has 0 aromatic heterocycles. The predicted molar refractivity (Wildman–Crippen MR) is 55.4 cm³/mol. The van der Waals surface area contributed by atoms with Crippen molar-refractivity contribution < 1.29 is 9.84 Å². The summed E-state index contributed by atoms with van der Waals surface area (Å²) in [5, 5.41) is 10.6. The summed E-state index contributed by atoms with van der Waals surface area (Å²) in [5.41, 5.74) is 0.656. The third kappa shape index (κ3) is 1.78. The second-order valence-electron chi connectivity index (χ2n) is 4.14. The van der Waals surface area contributed by atoms with Crippen LogP contribution in [0.2, 0.25) is 5.02 Å². The summed E-state index contributed by atoms with van der Waals surface area (Å²) in [7, 11) is 0.